The van der Waals surface area contributed by atoms with Crippen LogP contribution in [0.4, 0.5) is 52.7 Å². The Morgan fingerprint density at radius 3 is 1.25 bits per heavy atom. The molecule has 1 aromatic heterocycles. The molecule has 0 fully saturated rings. The second-order valence-corrected chi connectivity index (χ2v) is 40.4. The first-order valence-electron chi connectivity index (χ1n) is 48.4. The fourth-order valence-corrected chi connectivity index (χ4v) is 20.5. The number of amidine groups is 6. The number of nitrogens with one attached hydrogen (secondary N) is 6. The van der Waals surface area contributed by atoms with Crippen LogP contribution in [-0.4, -0.2) is 146 Å². The van der Waals surface area contributed by atoms with E-state index in [9.17, 15) is 52.7 Å². The fraction of sp³-hybridized carbons (Fsp3) is 0.283. The van der Waals surface area contributed by atoms with Crippen LogP contribution < -0.4 is 50.8 Å². The van der Waals surface area contributed by atoms with Crippen molar-refractivity contribution in [1.82, 2.24) is 31.9 Å². The Morgan fingerprint density at radius 2 is 0.773 bits per heavy atom. The standard InChI is InChI=1S/C21H21BrN2O2.C19H17BrClF3N2.C19H20BrFN2O.C18H15BrF4N2O.C18H16BrF3N2O.C18H15ClFN3/c1-2-25-19-5-3-4-18(21-23-9-10-24-21)17(19)7-6-14-12-16(22)13-15-8-11-26-20(14)15;20-14-6-4-13(11-19(22,23)24)12(10-14)5-7-15-16(2-1-3-17(15)21)18-25-8-9-26-18;1-12-11-22-19(23-12)16-4-3-5-17(21)15(16)8-6-13-10-14(20)7-9-18(13)24-2;19-12-5-7-16(26-18(21,22)23)11(10-12)4-6-13-14(2-1-3-15(13)20)17-24-8-9-25-17;19-14-7-8-16(25-18(20,21)22)13(11-14)6-5-12-3-1-2-4-15(12)17-23-9-10-24-17;19-16-7-4-12(11-21)10-13(16)5-6-14-15(2-1-3-17(14)20)18-22-8-9-23-18/h3-5,8,11-13H,2,6-7,9-10H2,1H3,(H,23,24);1-4,6,10H,5,7-9,11H2,(H,25,26);3-5,7,9-10,12H,6,8,11H2,1-2H3,(H,22,23);1-3,5,7,10H,4,6,8-9H2,(H,24,25);1-4,7-8,11H,5-6,9-10H2,(H,23,24);1-4,7,10H,5-6,8-9H2,(H,22,23). The van der Waals surface area contributed by atoms with Gasteiger partial charge in [0.2, 0.25) is 0 Å². The zero-order valence-corrected chi connectivity index (χ0v) is 91.0. The number of rotatable bonds is 30. The van der Waals surface area contributed by atoms with Crippen LogP contribution in [0.3, 0.4) is 0 Å². The van der Waals surface area contributed by atoms with Gasteiger partial charge < -0.3 is 55.3 Å². The van der Waals surface area contributed by atoms with Gasteiger partial charge >= 0.3 is 18.9 Å². The maximum Gasteiger partial charge on any atom is 0.573 e. The highest BCUT2D eigenvalue weighted by atomic mass is 79.9. The first-order valence-corrected chi connectivity index (χ1v) is 53.1. The van der Waals surface area contributed by atoms with Crippen molar-refractivity contribution < 1.29 is 76.0 Å². The normalized spacial score (nSPS) is 14.4. The van der Waals surface area contributed by atoms with Gasteiger partial charge in [-0.05, 0) is 291 Å². The Kier molecular flexibility index (Phi) is 41.0. The molecule has 6 N–H and O–H groups in total. The SMILES string of the molecule is CCOc1cccc(C2=NCCN2)c1CCc1cc(Br)cc2ccoc12.COc1ccc(Br)cc1CCc1c(F)cccc1C1=NCC(C)N1.FC(F)(F)Cc1ccc(Br)cc1CCc1c(Cl)cccc1C1=NCCN1.FC(F)(F)Oc1ccc(Br)cc1CCc1ccccc1C1=NCCN1.Fc1cccc(C2=NCCN2)c1CCc1cc(Br)ccc1OC(F)(F)F.N#Cc1ccc(Cl)c(CCc2c(F)cccc2C2=NCCN2)c1. The summed E-state index contributed by atoms with van der Waals surface area (Å²) in [5.41, 5.74) is 16.6. The summed E-state index contributed by atoms with van der Waals surface area (Å²) in [4.78, 5) is 26.6. The number of nitriles is 1. The Labute approximate surface area is 913 Å². The van der Waals surface area contributed by atoms with E-state index < -0.39 is 31.1 Å². The van der Waals surface area contributed by atoms with Gasteiger partial charge in [-0.25, -0.2) is 13.2 Å². The highest BCUT2D eigenvalue weighted by Crippen LogP contribution is 2.38. The molecule has 0 radical (unpaired) electrons. The third-order valence-corrected chi connectivity index (χ3v) is 27.8. The highest BCUT2D eigenvalue weighted by molar-refractivity contribution is 9.11. The molecule has 784 valence electrons. The van der Waals surface area contributed by atoms with Crippen molar-refractivity contribution in [1.29, 1.82) is 5.26 Å². The average Bonchev–Trinajstić information content (AvgIpc) is 1.57. The quantitative estimate of drug-likeness (QED) is 0.0232. The number of furan rings is 1. The molecule has 6 aliphatic rings. The van der Waals surface area contributed by atoms with Crippen LogP contribution in [-0.2, 0) is 83.5 Å². The van der Waals surface area contributed by atoms with Gasteiger partial charge in [-0.1, -0.05) is 194 Å². The summed E-state index contributed by atoms with van der Waals surface area (Å²) in [5, 5.41) is 30.7. The number of halogens is 19. The van der Waals surface area contributed by atoms with Crippen LogP contribution >= 0.6 is 103 Å². The highest BCUT2D eigenvalue weighted by Gasteiger charge is 2.35. The molecular formula is C113H104Br5Cl2F12N13O5. The second-order valence-electron chi connectivity index (χ2n) is 35.0. The molecule has 0 amide bonds. The van der Waals surface area contributed by atoms with Crippen LogP contribution in [0, 0.1) is 28.8 Å². The lowest BCUT2D eigenvalue weighted by atomic mass is 9.95. The molecule has 150 heavy (non-hydrogen) atoms. The first kappa shape index (κ1) is 113. The molecule has 1 unspecified atom stereocenters. The lowest BCUT2D eigenvalue weighted by molar-refractivity contribution is -0.275. The summed E-state index contributed by atoms with van der Waals surface area (Å²) in [6.45, 7) is 13.0. The number of alkyl halides is 9. The summed E-state index contributed by atoms with van der Waals surface area (Å²) < 4.78 is 187. The summed E-state index contributed by atoms with van der Waals surface area (Å²) in [6, 6.07) is 67.9. The molecule has 0 saturated carbocycles. The second kappa shape index (κ2) is 54.2. The maximum absolute atomic E-state index is 14.4. The minimum Gasteiger partial charge on any atom is -0.496 e. The third kappa shape index (κ3) is 32.5. The zero-order valence-electron chi connectivity index (χ0n) is 81.5. The largest absolute Gasteiger partial charge is 0.573 e. The minimum absolute atomic E-state index is 0.162. The molecule has 7 heterocycles. The van der Waals surface area contributed by atoms with Crippen LogP contribution in [0.5, 0.6) is 23.0 Å². The van der Waals surface area contributed by atoms with Gasteiger partial charge in [-0.15, -0.1) is 26.3 Å². The van der Waals surface area contributed by atoms with Crippen LogP contribution in [0.15, 0.2) is 287 Å². The lowest BCUT2D eigenvalue weighted by Gasteiger charge is -2.15. The van der Waals surface area contributed by atoms with Crippen LogP contribution in [0.1, 0.15) is 125 Å². The number of benzene rings is 12. The fourth-order valence-electron chi connectivity index (χ4n) is 17.8. The van der Waals surface area contributed by atoms with E-state index in [2.05, 4.69) is 182 Å². The van der Waals surface area contributed by atoms with Crippen molar-refractivity contribution in [3.05, 3.63) is 392 Å². The van der Waals surface area contributed by atoms with Gasteiger partial charge in [0.15, 0.2) is 0 Å². The van der Waals surface area contributed by atoms with Gasteiger partial charge in [0, 0.05) is 116 Å². The van der Waals surface area contributed by atoms with Gasteiger partial charge in [0.05, 0.1) is 77.3 Å². The molecule has 0 bridgehead atoms. The Hall–Kier alpha value is -12.2. The lowest BCUT2D eigenvalue weighted by Crippen LogP contribution is -2.28. The van der Waals surface area contributed by atoms with E-state index in [1.165, 1.54) is 59.7 Å². The maximum atomic E-state index is 14.4. The molecule has 12 aromatic carbocycles. The molecule has 1 atom stereocenters. The van der Waals surface area contributed by atoms with Gasteiger partial charge in [0.1, 0.15) is 81.0 Å². The van der Waals surface area contributed by atoms with Crippen LogP contribution in [0.25, 0.3) is 11.0 Å². The van der Waals surface area contributed by atoms with Crippen molar-refractivity contribution in [2.75, 3.05) is 85.7 Å². The monoisotopic (exact) mass is 2420 g/mol. The molecule has 0 saturated heterocycles. The van der Waals surface area contributed by atoms with E-state index in [-0.39, 0.29) is 36.0 Å². The molecule has 19 rings (SSSR count). The minimum atomic E-state index is -4.78. The number of ether oxygens (including phenoxy) is 4. The number of nitrogens with zero attached hydrogens (tertiary/aromatic N) is 7. The smallest absolute Gasteiger partial charge is 0.496 e. The summed E-state index contributed by atoms with van der Waals surface area (Å²) >= 11 is 29.6. The number of aliphatic imine (C=N–C) groups is 6. The van der Waals surface area contributed by atoms with E-state index in [0.717, 1.165) is 174 Å². The predicted octanol–water partition coefficient (Wildman–Crippen LogP) is 26.8. The topological polar surface area (TPSA) is 220 Å². The average molecular weight is 2420 g/mol. The Balaban J connectivity index is 0.000000142. The van der Waals surface area contributed by atoms with E-state index in [0.29, 0.717) is 165 Å². The van der Waals surface area contributed by atoms with Crippen molar-refractivity contribution in [2.24, 2.45) is 30.0 Å². The van der Waals surface area contributed by atoms with Crippen molar-refractivity contribution in [3.8, 4) is 29.1 Å². The van der Waals surface area contributed by atoms with E-state index in [1.807, 2.05) is 91.9 Å². The predicted molar refractivity (Wildman–Crippen MR) is 587 cm³/mol. The summed E-state index contributed by atoms with van der Waals surface area (Å²) in [5.74, 6) is 5.23. The first-order chi connectivity index (χ1) is 72.1. The molecule has 6 aliphatic heterocycles. The number of aryl methyl sites for hydroxylation is 7. The Morgan fingerprint density at radius 1 is 0.373 bits per heavy atom. The van der Waals surface area contributed by atoms with Gasteiger partial charge in [-0.3, -0.25) is 30.0 Å². The van der Waals surface area contributed by atoms with Gasteiger partial charge in [-0.2, -0.15) is 18.4 Å². The molecule has 37 heteroatoms. The molecule has 18 nitrogen and oxygen atoms in total. The van der Waals surface area contributed by atoms with E-state index in [1.54, 1.807) is 86.2 Å². The van der Waals surface area contributed by atoms with Crippen molar-refractivity contribution >= 4 is 149 Å². The molecule has 0 aliphatic carbocycles. The molecular weight excluding hydrogens is 2320 g/mol. The summed E-state index contributed by atoms with van der Waals surface area (Å²) in [6.07, 6.45) is -6.42. The zero-order chi connectivity index (χ0) is 107. The molecule has 0 spiro atoms. The molecule has 13 aromatic rings. The van der Waals surface area contributed by atoms with Crippen LogP contribution in [0.2, 0.25) is 10.0 Å². The number of fused-ring (bicyclic) bond motifs is 1. The van der Waals surface area contributed by atoms with E-state index >= 15 is 0 Å². The van der Waals surface area contributed by atoms with Crippen molar-refractivity contribution in [2.45, 2.75) is 122 Å². The number of hydrogen-bond acceptors (Lipinski definition) is 18. The number of methoxy groups -OCH3 is 1. The Bertz CT molecular complexity index is 7040. The summed E-state index contributed by atoms with van der Waals surface area (Å²) in [7, 11) is 1.65. The number of hydrogen-bond donors (Lipinski definition) is 6. The third-order valence-electron chi connectivity index (χ3n) is 24.7. The van der Waals surface area contributed by atoms with Crippen molar-refractivity contribution in [3.63, 3.8) is 0 Å². The van der Waals surface area contributed by atoms with E-state index in [4.69, 9.17) is 42.4 Å². The van der Waals surface area contributed by atoms with Gasteiger partial charge in [0.25, 0.3) is 0 Å².